The zero-order valence-corrected chi connectivity index (χ0v) is 14.8. The molecule has 3 aromatic rings. The number of nitrogens with one attached hydrogen (secondary N) is 1. The highest BCUT2D eigenvalue weighted by Gasteiger charge is 2.17. The highest BCUT2D eigenvalue weighted by molar-refractivity contribution is 5.91. The lowest BCUT2D eigenvalue weighted by molar-refractivity contribution is -0.125. The number of amides is 1. The molecule has 6 nitrogen and oxygen atoms in total. The summed E-state index contributed by atoms with van der Waals surface area (Å²) in [6.45, 7) is 1.27. The van der Waals surface area contributed by atoms with Crippen LogP contribution in [0.25, 0.3) is 11.0 Å². The van der Waals surface area contributed by atoms with Crippen LogP contribution in [0.5, 0.6) is 5.75 Å². The Kier molecular flexibility index (Phi) is 5.40. The lowest BCUT2D eigenvalue weighted by atomic mass is 10.2. The quantitative estimate of drug-likeness (QED) is 0.670. The van der Waals surface area contributed by atoms with Crippen molar-refractivity contribution >= 4 is 22.8 Å². The molecule has 1 aromatic heterocycles. The molecule has 0 aliphatic rings. The van der Waals surface area contributed by atoms with Gasteiger partial charge in [-0.25, -0.2) is 9.18 Å². The predicted octanol–water partition coefficient (Wildman–Crippen LogP) is 3.61. The largest absolute Gasteiger partial charge is 0.494 e. The van der Waals surface area contributed by atoms with Crippen LogP contribution in [-0.4, -0.2) is 25.6 Å². The van der Waals surface area contributed by atoms with Crippen molar-refractivity contribution in [3.8, 4) is 5.75 Å². The Morgan fingerprint density at radius 3 is 2.67 bits per heavy atom. The van der Waals surface area contributed by atoms with Gasteiger partial charge in [0.15, 0.2) is 18.2 Å². The molecule has 0 saturated carbocycles. The van der Waals surface area contributed by atoms with Crippen molar-refractivity contribution in [2.24, 2.45) is 0 Å². The fourth-order valence-electron chi connectivity index (χ4n) is 2.58. The third-order valence-electron chi connectivity index (χ3n) is 3.97. The monoisotopic (exact) mass is 371 g/mol. The van der Waals surface area contributed by atoms with Crippen molar-refractivity contribution in [1.29, 1.82) is 0 Å². The summed E-state index contributed by atoms with van der Waals surface area (Å²) in [5.74, 6) is -1.37. The third kappa shape index (κ3) is 4.25. The Hall–Kier alpha value is -3.35. The smallest absolute Gasteiger partial charge is 0.338 e. The summed E-state index contributed by atoms with van der Waals surface area (Å²) >= 11 is 0. The topological polar surface area (TPSA) is 77.8 Å². The fraction of sp³-hybridized carbons (Fsp3) is 0.200. The number of hydrogen-bond acceptors (Lipinski definition) is 5. The second-order valence-electron chi connectivity index (χ2n) is 5.90. The lowest BCUT2D eigenvalue weighted by Gasteiger charge is -2.11. The maximum Gasteiger partial charge on any atom is 0.338 e. The van der Waals surface area contributed by atoms with Crippen LogP contribution in [0, 0.1) is 5.82 Å². The summed E-state index contributed by atoms with van der Waals surface area (Å²) in [6.07, 6.45) is 0. The number of halogens is 1. The lowest BCUT2D eigenvalue weighted by Crippen LogP contribution is -2.31. The maximum atomic E-state index is 13.6. The number of methoxy groups -OCH3 is 1. The molecule has 0 fully saturated rings. The van der Waals surface area contributed by atoms with E-state index in [-0.39, 0.29) is 11.3 Å². The number of para-hydroxylation sites is 1. The molecule has 0 saturated heterocycles. The molecule has 0 aliphatic heterocycles. The van der Waals surface area contributed by atoms with E-state index in [1.54, 1.807) is 6.92 Å². The third-order valence-corrected chi connectivity index (χ3v) is 3.97. The second-order valence-corrected chi connectivity index (χ2v) is 5.90. The van der Waals surface area contributed by atoms with E-state index in [4.69, 9.17) is 13.9 Å². The molecule has 3 rings (SSSR count). The van der Waals surface area contributed by atoms with Gasteiger partial charge in [-0.1, -0.05) is 18.2 Å². The summed E-state index contributed by atoms with van der Waals surface area (Å²) in [4.78, 5) is 24.0. The van der Waals surface area contributed by atoms with Gasteiger partial charge in [0.05, 0.1) is 18.7 Å². The molecule has 2 aromatic carbocycles. The Morgan fingerprint density at radius 2 is 1.96 bits per heavy atom. The first-order valence-corrected chi connectivity index (χ1v) is 8.26. The number of ether oxygens (including phenoxy) is 2. The number of esters is 1. The Labute approximate surface area is 154 Å². The van der Waals surface area contributed by atoms with E-state index in [1.807, 2.05) is 30.3 Å². The summed E-state index contributed by atoms with van der Waals surface area (Å²) in [6, 6.07) is 12.6. The molecule has 0 radical (unpaired) electrons. The number of furan rings is 1. The SMILES string of the molecule is COc1ccc(C(=O)OCC(=O)N[C@H](C)c2cc3ccccc3o2)cc1F. The van der Waals surface area contributed by atoms with E-state index < -0.39 is 30.3 Å². The van der Waals surface area contributed by atoms with Gasteiger partial charge in [0.1, 0.15) is 11.3 Å². The molecule has 0 unspecified atom stereocenters. The molecular formula is C20H18FNO5. The first-order chi connectivity index (χ1) is 13.0. The van der Waals surface area contributed by atoms with Crippen LogP contribution in [0.15, 0.2) is 52.9 Å². The minimum Gasteiger partial charge on any atom is -0.494 e. The standard InChI is InChI=1S/C20H18FNO5/c1-12(18-10-13-5-3-4-6-16(13)27-18)22-19(23)11-26-20(24)14-7-8-17(25-2)15(21)9-14/h3-10,12H,11H2,1-2H3,(H,22,23)/t12-/m1/s1. The zero-order chi connectivity index (χ0) is 19.4. The van der Waals surface area contributed by atoms with E-state index in [1.165, 1.54) is 19.2 Å². The van der Waals surface area contributed by atoms with Gasteiger partial charge in [0.2, 0.25) is 0 Å². The van der Waals surface area contributed by atoms with E-state index in [2.05, 4.69) is 5.32 Å². The molecule has 1 atom stereocenters. The van der Waals surface area contributed by atoms with Gasteiger partial charge in [-0.3, -0.25) is 4.79 Å². The van der Waals surface area contributed by atoms with Crippen LogP contribution < -0.4 is 10.1 Å². The minimum atomic E-state index is -0.803. The molecular weight excluding hydrogens is 353 g/mol. The van der Waals surface area contributed by atoms with Crippen molar-refractivity contribution in [2.45, 2.75) is 13.0 Å². The number of fused-ring (bicyclic) bond motifs is 1. The molecule has 1 heterocycles. The van der Waals surface area contributed by atoms with Crippen molar-refractivity contribution in [3.05, 3.63) is 65.7 Å². The molecule has 1 amide bonds. The van der Waals surface area contributed by atoms with E-state index in [9.17, 15) is 14.0 Å². The van der Waals surface area contributed by atoms with E-state index >= 15 is 0 Å². The van der Waals surface area contributed by atoms with Crippen LogP contribution in [0.4, 0.5) is 4.39 Å². The Bertz CT molecular complexity index is 948. The van der Waals surface area contributed by atoms with Crippen LogP contribution in [0.3, 0.4) is 0 Å². The molecule has 0 aliphatic carbocycles. The number of benzene rings is 2. The number of rotatable bonds is 6. The van der Waals surface area contributed by atoms with Gasteiger partial charge in [-0.15, -0.1) is 0 Å². The second kappa shape index (κ2) is 7.90. The molecule has 0 spiro atoms. The number of carbonyl (C=O) groups excluding carboxylic acids is 2. The average molecular weight is 371 g/mol. The van der Waals surface area contributed by atoms with Crippen molar-refractivity contribution in [1.82, 2.24) is 5.32 Å². The molecule has 27 heavy (non-hydrogen) atoms. The first kappa shape index (κ1) is 18.4. The van der Waals surface area contributed by atoms with Crippen LogP contribution in [-0.2, 0) is 9.53 Å². The minimum absolute atomic E-state index is 0.00793. The van der Waals surface area contributed by atoms with Crippen LogP contribution in [0.1, 0.15) is 29.1 Å². The predicted molar refractivity (Wildman–Crippen MR) is 96.0 cm³/mol. The van der Waals surface area contributed by atoms with Crippen molar-refractivity contribution in [2.75, 3.05) is 13.7 Å². The Morgan fingerprint density at radius 1 is 1.19 bits per heavy atom. The highest BCUT2D eigenvalue weighted by atomic mass is 19.1. The average Bonchev–Trinajstić information content (AvgIpc) is 3.10. The Balaban J connectivity index is 1.55. The van der Waals surface area contributed by atoms with Crippen molar-refractivity contribution in [3.63, 3.8) is 0 Å². The number of carbonyl (C=O) groups is 2. The molecule has 7 heteroatoms. The normalized spacial score (nSPS) is 11.8. The van der Waals surface area contributed by atoms with Crippen LogP contribution >= 0.6 is 0 Å². The summed E-state index contributed by atoms with van der Waals surface area (Å²) in [5, 5.41) is 3.62. The van der Waals surface area contributed by atoms with Gasteiger partial charge in [-0.05, 0) is 37.3 Å². The molecule has 1 N–H and O–H groups in total. The van der Waals surface area contributed by atoms with Gasteiger partial charge in [-0.2, -0.15) is 0 Å². The summed E-state index contributed by atoms with van der Waals surface area (Å²) in [5.41, 5.74) is 0.716. The molecule has 0 bridgehead atoms. The van der Waals surface area contributed by atoms with Gasteiger partial charge in [0, 0.05) is 5.39 Å². The number of hydrogen-bond donors (Lipinski definition) is 1. The molecule has 140 valence electrons. The van der Waals surface area contributed by atoms with Gasteiger partial charge < -0.3 is 19.2 Å². The fourth-order valence-corrected chi connectivity index (χ4v) is 2.58. The van der Waals surface area contributed by atoms with Crippen molar-refractivity contribution < 1.29 is 27.9 Å². The van der Waals surface area contributed by atoms with Gasteiger partial charge >= 0.3 is 5.97 Å². The maximum absolute atomic E-state index is 13.6. The van der Waals surface area contributed by atoms with E-state index in [0.717, 1.165) is 17.0 Å². The summed E-state index contributed by atoms with van der Waals surface area (Å²) in [7, 11) is 1.32. The zero-order valence-electron chi connectivity index (χ0n) is 14.8. The van der Waals surface area contributed by atoms with Crippen LogP contribution in [0.2, 0.25) is 0 Å². The highest BCUT2D eigenvalue weighted by Crippen LogP contribution is 2.23. The van der Waals surface area contributed by atoms with E-state index in [0.29, 0.717) is 5.76 Å². The van der Waals surface area contributed by atoms with Gasteiger partial charge in [0.25, 0.3) is 5.91 Å². The summed E-state index contributed by atoms with van der Waals surface area (Å²) < 4.78 is 29.0. The first-order valence-electron chi connectivity index (χ1n) is 8.26.